The van der Waals surface area contributed by atoms with Gasteiger partial charge in [-0.05, 0) is 71.1 Å². The molecule has 3 rings (SSSR count). The average Bonchev–Trinajstić information content (AvgIpc) is 3.33. The molecule has 28 heavy (non-hydrogen) atoms. The molecule has 0 spiro atoms. The lowest BCUT2D eigenvalue weighted by atomic mass is 10.1. The highest BCUT2D eigenvalue weighted by Crippen LogP contribution is 2.23. The smallest absolute Gasteiger partial charge is 0.194 e. The van der Waals surface area contributed by atoms with Gasteiger partial charge in [0.1, 0.15) is 0 Å². The molecule has 0 aromatic heterocycles. The lowest BCUT2D eigenvalue weighted by Crippen LogP contribution is -2.43. The summed E-state index contributed by atoms with van der Waals surface area (Å²) in [5, 5.41) is 4.28. The second kappa shape index (κ2) is 11.6. The molecule has 158 valence electrons. The summed E-state index contributed by atoms with van der Waals surface area (Å²) in [5.74, 6) is 1.06. The molecule has 0 aliphatic carbocycles. The zero-order valence-electron chi connectivity index (χ0n) is 17.4. The molecule has 1 aromatic rings. The number of halogens is 2. The quantitative estimate of drug-likeness (QED) is 0.353. The fraction of sp³-hybridized carbons (Fsp3) is 0.667. The van der Waals surface area contributed by atoms with Gasteiger partial charge in [-0.15, -0.1) is 24.0 Å². The molecule has 2 unspecified atom stereocenters. The van der Waals surface area contributed by atoms with Gasteiger partial charge in [0.05, 0.1) is 12.6 Å². The van der Waals surface area contributed by atoms with Gasteiger partial charge in [0.25, 0.3) is 0 Å². The van der Waals surface area contributed by atoms with Gasteiger partial charge in [0.2, 0.25) is 0 Å². The van der Waals surface area contributed by atoms with Crippen LogP contribution in [0.3, 0.4) is 0 Å². The molecule has 2 fully saturated rings. The van der Waals surface area contributed by atoms with Crippen molar-refractivity contribution in [1.82, 2.24) is 20.0 Å². The SMILES string of the molecule is CCNC(=NCC(c1ccc(Cl)cc1)N(C)C)N1CCC(N2CCCC2)C1.I. The molecular weight excluding hydrogens is 485 g/mol. The van der Waals surface area contributed by atoms with Crippen LogP contribution >= 0.6 is 35.6 Å². The van der Waals surface area contributed by atoms with Crippen molar-refractivity contribution < 1.29 is 0 Å². The molecule has 0 amide bonds. The predicted octanol–water partition coefficient (Wildman–Crippen LogP) is 3.70. The van der Waals surface area contributed by atoms with Crippen molar-refractivity contribution in [3.63, 3.8) is 0 Å². The van der Waals surface area contributed by atoms with Crippen LogP contribution in [0.25, 0.3) is 0 Å². The third-order valence-corrected chi connectivity index (χ3v) is 6.00. The van der Waals surface area contributed by atoms with Gasteiger partial charge < -0.3 is 15.1 Å². The van der Waals surface area contributed by atoms with E-state index in [0.717, 1.165) is 37.2 Å². The Balaban J connectivity index is 0.00000280. The molecular formula is C21H35ClIN5. The van der Waals surface area contributed by atoms with E-state index in [9.17, 15) is 0 Å². The summed E-state index contributed by atoms with van der Waals surface area (Å²) >= 11 is 6.06. The summed E-state index contributed by atoms with van der Waals surface area (Å²) in [6.45, 7) is 8.52. The maximum Gasteiger partial charge on any atom is 0.194 e. The topological polar surface area (TPSA) is 34.1 Å². The zero-order valence-corrected chi connectivity index (χ0v) is 20.5. The first kappa shape index (κ1) is 23.7. The van der Waals surface area contributed by atoms with Crippen LogP contribution in [-0.2, 0) is 0 Å². The number of nitrogens with one attached hydrogen (secondary N) is 1. The molecule has 2 atom stereocenters. The lowest BCUT2D eigenvalue weighted by molar-refractivity contribution is 0.249. The molecule has 5 nitrogen and oxygen atoms in total. The summed E-state index contributed by atoms with van der Waals surface area (Å²) in [7, 11) is 4.22. The number of benzene rings is 1. The largest absolute Gasteiger partial charge is 0.357 e. The highest BCUT2D eigenvalue weighted by atomic mass is 127. The van der Waals surface area contributed by atoms with Crippen LogP contribution in [0.4, 0.5) is 0 Å². The van der Waals surface area contributed by atoms with Crippen molar-refractivity contribution in [1.29, 1.82) is 0 Å². The molecule has 7 heteroatoms. The lowest BCUT2D eigenvalue weighted by Gasteiger charge is -2.27. The molecule has 2 heterocycles. The van der Waals surface area contributed by atoms with Gasteiger partial charge in [-0.2, -0.15) is 0 Å². The van der Waals surface area contributed by atoms with E-state index in [4.69, 9.17) is 16.6 Å². The van der Waals surface area contributed by atoms with Crippen molar-refractivity contribution in [2.75, 3.05) is 53.4 Å². The van der Waals surface area contributed by atoms with Crippen molar-refractivity contribution >= 4 is 41.5 Å². The van der Waals surface area contributed by atoms with Gasteiger partial charge in [-0.3, -0.25) is 9.89 Å². The van der Waals surface area contributed by atoms with Crippen LogP contribution < -0.4 is 5.32 Å². The molecule has 2 aliphatic rings. The van der Waals surface area contributed by atoms with Crippen LogP contribution in [0.15, 0.2) is 29.3 Å². The Morgan fingerprint density at radius 1 is 1.21 bits per heavy atom. The molecule has 1 N–H and O–H groups in total. The van der Waals surface area contributed by atoms with Crippen LogP contribution in [0.2, 0.25) is 5.02 Å². The van der Waals surface area contributed by atoms with Gasteiger partial charge >= 0.3 is 0 Å². The normalized spacial score (nSPS) is 21.8. The molecule has 0 bridgehead atoms. The third-order valence-electron chi connectivity index (χ3n) is 5.75. The number of guanidine groups is 1. The van der Waals surface area contributed by atoms with E-state index in [1.165, 1.54) is 37.9 Å². The minimum atomic E-state index is 0. The Bertz CT molecular complexity index is 616. The molecule has 2 saturated heterocycles. The standard InChI is InChI=1S/C21H34ClN5.HI/c1-4-23-21(27-14-11-19(16-27)26-12-5-6-13-26)24-15-20(25(2)3)17-7-9-18(22)10-8-17;/h7-10,19-20H,4-6,11-16H2,1-3H3,(H,23,24);1H. The van der Waals surface area contributed by atoms with Crippen LogP contribution in [0.5, 0.6) is 0 Å². The fourth-order valence-electron chi connectivity index (χ4n) is 4.19. The Kier molecular flexibility index (Phi) is 9.80. The van der Waals surface area contributed by atoms with Gasteiger partial charge in [0, 0.05) is 30.7 Å². The fourth-order valence-corrected chi connectivity index (χ4v) is 4.32. The Labute approximate surface area is 192 Å². The van der Waals surface area contributed by atoms with Crippen LogP contribution in [0, 0.1) is 0 Å². The minimum Gasteiger partial charge on any atom is -0.357 e. The highest BCUT2D eigenvalue weighted by molar-refractivity contribution is 14.0. The first-order chi connectivity index (χ1) is 13.1. The summed E-state index contributed by atoms with van der Waals surface area (Å²) in [6.07, 6.45) is 3.96. The van der Waals surface area contributed by atoms with Crippen LogP contribution in [-0.4, -0.2) is 80.1 Å². The Morgan fingerprint density at radius 2 is 1.89 bits per heavy atom. The first-order valence-electron chi connectivity index (χ1n) is 10.3. The third kappa shape index (κ3) is 6.21. The van der Waals surface area contributed by atoms with E-state index >= 15 is 0 Å². The maximum absolute atomic E-state index is 6.06. The van der Waals surface area contributed by atoms with Crippen molar-refractivity contribution in [2.45, 2.75) is 38.3 Å². The number of hydrogen-bond acceptors (Lipinski definition) is 3. The van der Waals surface area contributed by atoms with Crippen molar-refractivity contribution in [2.24, 2.45) is 4.99 Å². The van der Waals surface area contributed by atoms with Gasteiger partial charge in [-0.25, -0.2) is 0 Å². The van der Waals surface area contributed by atoms with E-state index in [0.29, 0.717) is 6.04 Å². The summed E-state index contributed by atoms with van der Waals surface area (Å²) in [4.78, 5) is 12.4. The number of rotatable bonds is 6. The van der Waals surface area contributed by atoms with E-state index in [2.05, 4.69) is 53.2 Å². The second-order valence-electron chi connectivity index (χ2n) is 7.86. The van der Waals surface area contributed by atoms with Crippen LogP contribution in [0.1, 0.15) is 37.8 Å². The van der Waals surface area contributed by atoms with E-state index in [1.807, 2.05) is 12.1 Å². The van der Waals surface area contributed by atoms with Crippen molar-refractivity contribution in [3.8, 4) is 0 Å². The number of likely N-dealkylation sites (tertiary alicyclic amines) is 2. The zero-order chi connectivity index (χ0) is 19.2. The highest BCUT2D eigenvalue weighted by Gasteiger charge is 2.30. The molecule has 1 aromatic carbocycles. The molecule has 2 aliphatic heterocycles. The first-order valence-corrected chi connectivity index (χ1v) is 10.7. The maximum atomic E-state index is 6.06. The monoisotopic (exact) mass is 519 g/mol. The molecule has 0 saturated carbocycles. The second-order valence-corrected chi connectivity index (χ2v) is 8.29. The average molecular weight is 520 g/mol. The predicted molar refractivity (Wildman–Crippen MR) is 130 cm³/mol. The van der Waals surface area contributed by atoms with E-state index in [1.54, 1.807) is 0 Å². The van der Waals surface area contributed by atoms with E-state index in [-0.39, 0.29) is 30.0 Å². The number of hydrogen-bond donors (Lipinski definition) is 1. The number of nitrogens with zero attached hydrogens (tertiary/aromatic N) is 4. The Morgan fingerprint density at radius 3 is 2.50 bits per heavy atom. The molecule has 0 radical (unpaired) electrons. The Hall–Kier alpha value is -0.570. The summed E-state index contributed by atoms with van der Waals surface area (Å²) in [6, 6.07) is 9.07. The van der Waals surface area contributed by atoms with Gasteiger partial charge in [-0.1, -0.05) is 23.7 Å². The minimum absolute atomic E-state index is 0. The summed E-state index contributed by atoms with van der Waals surface area (Å²) < 4.78 is 0. The number of aliphatic imine (C=N–C) groups is 1. The summed E-state index contributed by atoms with van der Waals surface area (Å²) in [5.41, 5.74) is 1.25. The number of likely N-dealkylation sites (N-methyl/N-ethyl adjacent to an activating group) is 1. The van der Waals surface area contributed by atoms with Crippen molar-refractivity contribution in [3.05, 3.63) is 34.9 Å². The van der Waals surface area contributed by atoms with E-state index < -0.39 is 0 Å². The van der Waals surface area contributed by atoms with Gasteiger partial charge in [0.15, 0.2) is 5.96 Å².